The van der Waals surface area contributed by atoms with Gasteiger partial charge in [-0.05, 0) is 43.2 Å². The SMILES string of the molecule is O=C(Nc1ccc(S(=O)(=O)C2CCCC2)cc1)[C@@H](c1ccccc1F)N1CCOCC1. The Balaban J connectivity index is 1.54. The topological polar surface area (TPSA) is 75.7 Å². The highest BCUT2D eigenvalue weighted by Crippen LogP contribution is 2.31. The van der Waals surface area contributed by atoms with Gasteiger partial charge in [-0.25, -0.2) is 12.8 Å². The third kappa shape index (κ3) is 4.81. The maximum Gasteiger partial charge on any atom is 0.246 e. The molecular weight excluding hydrogens is 419 g/mol. The largest absolute Gasteiger partial charge is 0.379 e. The smallest absolute Gasteiger partial charge is 0.246 e. The van der Waals surface area contributed by atoms with Crippen molar-refractivity contribution in [3.63, 3.8) is 0 Å². The number of halogens is 1. The van der Waals surface area contributed by atoms with Crippen LogP contribution in [0.3, 0.4) is 0 Å². The van der Waals surface area contributed by atoms with Gasteiger partial charge in [0.25, 0.3) is 0 Å². The Bertz CT molecular complexity index is 1010. The van der Waals surface area contributed by atoms with Crippen LogP contribution in [0.5, 0.6) is 0 Å². The predicted octanol–water partition coefficient (Wildman–Crippen LogP) is 3.55. The van der Waals surface area contributed by atoms with Crippen molar-refractivity contribution in [3.8, 4) is 0 Å². The van der Waals surface area contributed by atoms with Crippen LogP contribution in [-0.2, 0) is 19.4 Å². The summed E-state index contributed by atoms with van der Waals surface area (Å²) < 4.78 is 45.4. The van der Waals surface area contributed by atoms with Gasteiger partial charge in [-0.1, -0.05) is 31.0 Å². The number of carbonyl (C=O) groups excluding carboxylic acids is 1. The summed E-state index contributed by atoms with van der Waals surface area (Å²) in [5.74, 6) is -0.800. The first-order valence-electron chi connectivity index (χ1n) is 10.7. The molecular formula is C23H27FN2O4S. The summed E-state index contributed by atoms with van der Waals surface area (Å²) in [5, 5.41) is 2.51. The average Bonchev–Trinajstić information content (AvgIpc) is 3.32. The van der Waals surface area contributed by atoms with E-state index in [2.05, 4.69) is 5.32 Å². The number of anilines is 1. The van der Waals surface area contributed by atoms with E-state index in [0.29, 0.717) is 50.4 Å². The van der Waals surface area contributed by atoms with Gasteiger partial charge in [0.15, 0.2) is 9.84 Å². The minimum atomic E-state index is -3.35. The van der Waals surface area contributed by atoms with E-state index in [1.807, 2.05) is 4.90 Å². The summed E-state index contributed by atoms with van der Waals surface area (Å²) in [6, 6.07) is 11.7. The number of hydrogen-bond donors (Lipinski definition) is 1. The van der Waals surface area contributed by atoms with Crippen molar-refractivity contribution >= 4 is 21.4 Å². The third-order valence-electron chi connectivity index (χ3n) is 6.05. The summed E-state index contributed by atoms with van der Waals surface area (Å²) in [6.45, 7) is 1.99. The Labute approximate surface area is 182 Å². The van der Waals surface area contributed by atoms with E-state index >= 15 is 0 Å². The first-order chi connectivity index (χ1) is 15.0. The molecule has 1 N–H and O–H groups in total. The standard InChI is InChI=1S/C23H27FN2O4S/c24-21-8-4-3-7-20(21)22(26-13-15-30-16-14-26)23(27)25-17-9-11-19(12-10-17)31(28,29)18-5-1-2-6-18/h3-4,7-12,18,22H,1-2,5-6,13-16H2,(H,25,27)/t22-/m1/s1. The zero-order valence-corrected chi connectivity index (χ0v) is 18.1. The molecule has 0 spiro atoms. The van der Waals surface area contributed by atoms with Crippen LogP contribution in [0.2, 0.25) is 0 Å². The molecule has 166 valence electrons. The van der Waals surface area contributed by atoms with Crippen molar-refractivity contribution in [2.24, 2.45) is 0 Å². The van der Waals surface area contributed by atoms with Gasteiger partial charge in [-0.15, -0.1) is 0 Å². The highest BCUT2D eigenvalue weighted by molar-refractivity contribution is 7.92. The van der Waals surface area contributed by atoms with E-state index in [9.17, 15) is 17.6 Å². The summed E-state index contributed by atoms with van der Waals surface area (Å²) >= 11 is 0. The van der Waals surface area contributed by atoms with E-state index in [1.165, 1.54) is 18.2 Å². The van der Waals surface area contributed by atoms with E-state index in [-0.39, 0.29) is 16.1 Å². The van der Waals surface area contributed by atoms with E-state index in [0.717, 1.165) is 12.8 Å². The monoisotopic (exact) mass is 446 g/mol. The minimum absolute atomic E-state index is 0.274. The average molecular weight is 447 g/mol. The number of amides is 1. The number of sulfone groups is 1. The van der Waals surface area contributed by atoms with Crippen LogP contribution in [0.1, 0.15) is 37.3 Å². The molecule has 2 aromatic rings. The number of carbonyl (C=O) groups is 1. The number of ether oxygens (including phenoxy) is 1. The first-order valence-corrected chi connectivity index (χ1v) is 12.2. The van der Waals surface area contributed by atoms with Crippen LogP contribution < -0.4 is 5.32 Å². The number of rotatable bonds is 6. The second-order valence-corrected chi connectivity index (χ2v) is 10.3. The van der Waals surface area contributed by atoms with E-state index in [1.54, 1.807) is 30.3 Å². The van der Waals surface area contributed by atoms with Crippen molar-refractivity contribution in [2.45, 2.75) is 41.9 Å². The van der Waals surface area contributed by atoms with Crippen LogP contribution in [-0.4, -0.2) is 50.8 Å². The summed E-state index contributed by atoms with van der Waals surface area (Å²) in [4.78, 5) is 15.4. The van der Waals surface area contributed by atoms with Gasteiger partial charge >= 0.3 is 0 Å². The molecule has 8 heteroatoms. The Kier molecular flexibility index (Phi) is 6.69. The quantitative estimate of drug-likeness (QED) is 0.735. The van der Waals surface area contributed by atoms with Gasteiger partial charge < -0.3 is 10.1 Å². The maximum atomic E-state index is 14.5. The van der Waals surface area contributed by atoms with E-state index < -0.39 is 21.7 Å². The molecule has 1 aliphatic carbocycles. The molecule has 0 aromatic heterocycles. The van der Waals surface area contributed by atoms with Crippen molar-refractivity contribution in [1.29, 1.82) is 0 Å². The molecule has 1 aliphatic heterocycles. The summed E-state index contributed by atoms with van der Waals surface area (Å²) in [6.07, 6.45) is 3.28. The molecule has 31 heavy (non-hydrogen) atoms. The lowest BCUT2D eigenvalue weighted by atomic mass is 10.0. The fourth-order valence-electron chi connectivity index (χ4n) is 4.37. The molecule has 2 fully saturated rings. The molecule has 2 aromatic carbocycles. The lowest BCUT2D eigenvalue weighted by Gasteiger charge is -2.34. The molecule has 0 radical (unpaired) electrons. The second-order valence-electron chi connectivity index (χ2n) is 8.04. The van der Waals surface area contributed by atoms with Gasteiger partial charge in [0.2, 0.25) is 5.91 Å². The van der Waals surface area contributed by atoms with Crippen molar-refractivity contribution in [3.05, 3.63) is 59.9 Å². The maximum absolute atomic E-state index is 14.5. The number of morpholine rings is 1. The van der Waals surface area contributed by atoms with Crippen molar-refractivity contribution in [1.82, 2.24) is 4.90 Å². The normalized spacial score (nSPS) is 19.3. The van der Waals surface area contributed by atoms with Crippen LogP contribution in [0, 0.1) is 5.82 Å². The molecule has 1 atom stereocenters. The van der Waals surface area contributed by atoms with Gasteiger partial charge in [0, 0.05) is 24.3 Å². The van der Waals surface area contributed by atoms with E-state index in [4.69, 9.17) is 4.74 Å². The Morgan fingerprint density at radius 3 is 2.32 bits per heavy atom. The Hall–Kier alpha value is -2.29. The number of nitrogens with one attached hydrogen (secondary N) is 1. The van der Waals surface area contributed by atoms with Gasteiger partial charge in [-0.3, -0.25) is 9.69 Å². The van der Waals surface area contributed by atoms with Crippen LogP contribution in [0.4, 0.5) is 10.1 Å². The van der Waals surface area contributed by atoms with Crippen LogP contribution in [0.25, 0.3) is 0 Å². The van der Waals surface area contributed by atoms with Gasteiger partial charge in [0.05, 0.1) is 23.4 Å². The number of benzene rings is 2. The Morgan fingerprint density at radius 2 is 1.68 bits per heavy atom. The molecule has 0 unspecified atom stereocenters. The van der Waals surface area contributed by atoms with Crippen LogP contribution in [0.15, 0.2) is 53.4 Å². The predicted molar refractivity (Wildman–Crippen MR) is 116 cm³/mol. The molecule has 1 amide bonds. The fraction of sp³-hybridized carbons (Fsp3) is 0.435. The van der Waals surface area contributed by atoms with Crippen LogP contribution >= 0.6 is 0 Å². The molecule has 2 aliphatic rings. The zero-order chi connectivity index (χ0) is 21.8. The van der Waals surface area contributed by atoms with Gasteiger partial charge in [0.1, 0.15) is 11.9 Å². The molecule has 4 rings (SSSR count). The third-order valence-corrected chi connectivity index (χ3v) is 8.33. The summed E-state index contributed by atoms with van der Waals surface area (Å²) in [7, 11) is -3.35. The van der Waals surface area contributed by atoms with Gasteiger partial charge in [-0.2, -0.15) is 0 Å². The molecule has 0 bridgehead atoms. The number of hydrogen-bond acceptors (Lipinski definition) is 5. The lowest BCUT2D eigenvalue weighted by molar-refractivity contribution is -0.123. The number of nitrogens with zero attached hydrogens (tertiary/aromatic N) is 1. The minimum Gasteiger partial charge on any atom is -0.379 e. The second kappa shape index (κ2) is 9.46. The van der Waals surface area contributed by atoms with Crippen molar-refractivity contribution in [2.75, 3.05) is 31.6 Å². The summed E-state index contributed by atoms with van der Waals surface area (Å²) in [5.41, 5.74) is 0.785. The lowest BCUT2D eigenvalue weighted by Crippen LogP contribution is -2.44. The highest BCUT2D eigenvalue weighted by atomic mass is 32.2. The molecule has 1 saturated carbocycles. The highest BCUT2D eigenvalue weighted by Gasteiger charge is 2.32. The molecule has 6 nitrogen and oxygen atoms in total. The Morgan fingerprint density at radius 1 is 1.03 bits per heavy atom. The first kappa shape index (κ1) is 21.9. The fourth-order valence-corrected chi connectivity index (χ4v) is 6.22. The van der Waals surface area contributed by atoms with Crippen molar-refractivity contribution < 1.29 is 22.3 Å². The zero-order valence-electron chi connectivity index (χ0n) is 17.3. The molecule has 1 heterocycles. The molecule has 1 saturated heterocycles.